The van der Waals surface area contributed by atoms with Gasteiger partial charge in [-0.05, 0) is 0 Å². The summed E-state index contributed by atoms with van der Waals surface area (Å²) in [5.74, 6) is 0. The molecule has 0 saturated heterocycles. The van der Waals surface area contributed by atoms with Crippen LogP contribution in [0.5, 0.6) is 0 Å². The third kappa shape index (κ3) is 25.9. The van der Waals surface area contributed by atoms with Crippen LogP contribution in [0.4, 0.5) is 0 Å². The van der Waals surface area contributed by atoms with E-state index in [9.17, 15) is 0 Å². The third-order valence-corrected chi connectivity index (χ3v) is 0. The van der Waals surface area contributed by atoms with Crippen molar-refractivity contribution in [3.05, 3.63) is 0 Å². The molecule has 0 amide bonds. The molecule has 0 aromatic rings. The van der Waals surface area contributed by atoms with Crippen LogP contribution in [0.2, 0.25) is 0 Å². The molecule has 0 heterocycles. The molecule has 0 aliphatic carbocycles. The van der Waals surface area contributed by atoms with Gasteiger partial charge in [-0.1, -0.05) is 0 Å². The molecule has 0 saturated carbocycles. The largest absolute Gasteiger partial charge is 0.335 e. The van der Waals surface area contributed by atoms with Crippen molar-refractivity contribution in [1.82, 2.24) is 0 Å². The predicted molar refractivity (Wildman–Crippen MR) is 8.92 cm³/mol. The maximum atomic E-state index is 8.29. The molecular weight excluding hydrogens is 129 g/mol. The van der Waals surface area contributed by atoms with Gasteiger partial charge in [-0.3, -0.25) is 0 Å². The van der Waals surface area contributed by atoms with Crippen molar-refractivity contribution in [2.75, 3.05) is 0 Å². The van der Waals surface area contributed by atoms with Gasteiger partial charge < -0.3 is 0 Å². The van der Waals surface area contributed by atoms with E-state index >= 15 is 0 Å². The summed E-state index contributed by atoms with van der Waals surface area (Å²) in [6.45, 7) is 0. The minimum absolute atomic E-state index is 0. The van der Waals surface area contributed by atoms with E-state index in [2.05, 4.69) is 0 Å². The van der Waals surface area contributed by atoms with E-state index in [4.69, 9.17) is 8.42 Å². The number of rotatable bonds is 0. The van der Waals surface area contributed by atoms with Gasteiger partial charge in [-0.15, -0.1) is 0 Å². The van der Waals surface area contributed by atoms with Crippen molar-refractivity contribution in [2.24, 2.45) is 0 Å². The van der Waals surface area contributed by atoms with E-state index in [1.165, 1.54) is 0 Å². The van der Waals surface area contributed by atoms with Crippen LogP contribution in [0.25, 0.3) is 0 Å². The zero-order valence-electron chi connectivity index (χ0n) is 1.93. The molecule has 4 heavy (non-hydrogen) atoms. The Morgan fingerprint density at radius 1 is 1.25 bits per heavy atom. The van der Waals surface area contributed by atoms with Crippen LogP contribution in [-0.4, -0.2) is 8.42 Å². The van der Waals surface area contributed by atoms with E-state index in [1.807, 2.05) is 0 Å². The third-order valence-electron chi connectivity index (χ3n) is 0. The minimum Gasteiger partial charge on any atom is -0.168 e. The van der Waals surface area contributed by atoms with Crippen LogP contribution in [0, 0.1) is 0 Å². The monoisotopic (exact) mass is 128 g/mol. The van der Waals surface area contributed by atoms with Crippen molar-refractivity contribution in [1.29, 1.82) is 0 Å². The summed E-state index contributed by atoms with van der Waals surface area (Å²) < 4.78 is 16.6. The summed E-state index contributed by atoms with van der Waals surface area (Å²) in [4.78, 5) is 0. The Kier molecular flexibility index (Phi) is 21.8. The molecule has 0 atom stereocenters. The summed E-state index contributed by atoms with van der Waals surface area (Å²) in [6.07, 6.45) is 0. The standard InChI is InChI=1S/O2S.Zn/c1-3-2;. The fourth-order valence-corrected chi connectivity index (χ4v) is 0. The minimum atomic E-state index is -0.750. The predicted octanol–water partition coefficient (Wildman–Crippen LogP) is -0.673. The van der Waals surface area contributed by atoms with Gasteiger partial charge in [-0.25, -0.2) is 0 Å². The Hall–Kier alpha value is 0.443. The van der Waals surface area contributed by atoms with E-state index in [0.29, 0.717) is 0 Å². The number of hydrogen-bond donors (Lipinski definition) is 0. The van der Waals surface area contributed by atoms with Crippen LogP contribution in [0.3, 0.4) is 0 Å². The average Bonchev–Trinajstić information content (AvgIpc) is 0.918. The molecular formula is O2SZn. The van der Waals surface area contributed by atoms with Crippen molar-refractivity contribution in [3.8, 4) is 0 Å². The molecule has 0 aliphatic rings. The van der Waals surface area contributed by atoms with Crippen LogP contribution < -0.4 is 0 Å². The molecule has 0 spiro atoms. The first-order valence-corrected chi connectivity index (χ1v) is 1.00. The Balaban J connectivity index is 0. The first-order chi connectivity index (χ1) is 1.41. The van der Waals surface area contributed by atoms with Gasteiger partial charge in [0.05, 0.1) is 0 Å². The molecule has 0 radical (unpaired) electrons. The van der Waals surface area contributed by atoms with E-state index in [1.54, 1.807) is 0 Å². The summed E-state index contributed by atoms with van der Waals surface area (Å²) in [5, 5.41) is 0. The Labute approximate surface area is 39.9 Å². The second-order valence-corrected chi connectivity index (χ2v) is 0.204. The Morgan fingerprint density at radius 3 is 1.25 bits per heavy atom. The van der Waals surface area contributed by atoms with Crippen molar-refractivity contribution in [3.63, 3.8) is 0 Å². The van der Waals surface area contributed by atoms with E-state index < -0.39 is 11.6 Å². The molecule has 0 aromatic carbocycles. The molecule has 20 valence electrons. The fraction of sp³-hybridized carbons (Fsp3) is 0. The molecule has 2 nitrogen and oxygen atoms in total. The maximum Gasteiger partial charge on any atom is 0.335 e. The van der Waals surface area contributed by atoms with E-state index in [0.717, 1.165) is 0 Å². The number of hydrogen-bond acceptors (Lipinski definition) is 2. The molecule has 0 aliphatic heterocycles. The average molecular weight is 129 g/mol. The second kappa shape index (κ2) is 9.87. The fourth-order valence-electron chi connectivity index (χ4n) is 0. The molecule has 0 N–H and O–H groups in total. The summed E-state index contributed by atoms with van der Waals surface area (Å²) in [6, 6.07) is 0. The van der Waals surface area contributed by atoms with Crippen LogP contribution >= 0.6 is 0 Å². The molecule has 0 aromatic heterocycles. The van der Waals surface area contributed by atoms with Gasteiger partial charge in [0.15, 0.2) is 0 Å². The topological polar surface area (TPSA) is 34.1 Å². The normalized spacial score (nSPS) is 3.00. The molecule has 0 bridgehead atoms. The van der Waals surface area contributed by atoms with Crippen LogP contribution in [0.1, 0.15) is 0 Å². The Bertz CT molecular complexity index is 27.0. The van der Waals surface area contributed by atoms with Gasteiger partial charge in [0.25, 0.3) is 0 Å². The molecule has 4 heteroatoms. The smallest absolute Gasteiger partial charge is 0.168 e. The molecule has 0 rings (SSSR count). The quantitative estimate of drug-likeness (QED) is 0.407. The van der Waals surface area contributed by atoms with Crippen molar-refractivity contribution >= 4 is 11.6 Å². The van der Waals surface area contributed by atoms with Gasteiger partial charge in [0.2, 0.25) is 0 Å². The zero-order chi connectivity index (χ0) is 2.71. The first-order valence-electron chi connectivity index (χ1n) is 0.333. The van der Waals surface area contributed by atoms with Crippen LogP contribution in [0.15, 0.2) is 0 Å². The van der Waals surface area contributed by atoms with Crippen LogP contribution in [-0.2, 0) is 31.0 Å². The first kappa shape index (κ1) is 8.82. The zero-order valence-corrected chi connectivity index (χ0v) is 5.72. The molecule has 0 fully saturated rings. The summed E-state index contributed by atoms with van der Waals surface area (Å²) >= 11 is -0.750. The maximum absolute atomic E-state index is 8.29. The van der Waals surface area contributed by atoms with Gasteiger partial charge in [0.1, 0.15) is 0 Å². The Morgan fingerprint density at radius 2 is 1.25 bits per heavy atom. The van der Waals surface area contributed by atoms with Gasteiger partial charge >= 0.3 is 11.6 Å². The van der Waals surface area contributed by atoms with Gasteiger partial charge in [0, 0.05) is 19.5 Å². The molecule has 0 unspecified atom stereocenters. The van der Waals surface area contributed by atoms with E-state index in [-0.39, 0.29) is 19.5 Å². The summed E-state index contributed by atoms with van der Waals surface area (Å²) in [5.41, 5.74) is 0. The second-order valence-electron chi connectivity index (χ2n) is 0.0680. The summed E-state index contributed by atoms with van der Waals surface area (Å²) in [7, 11) is 0. The SMILES string of the molecule is O=S=O.[Zn]. The van der Waals surface area contributed by atoms with Gasteiger partial charge in [-0.2, -0.15) is 8.42 Å². The van der Waals surface area contributed by atoms with Crippen molar-refractivity contribution < 1.29 is 27.9 Å². The van der Waals surface area contributed by atoms with Crippen molar-refractivity contribution in [2.45, 2.75) is 0 Å².